The first-order chi connectivity index (χ1) is 13.1. The number of nitrogens with one attached hydrogen (secondary N) is 1. The lowest BCUT2D eigenvalue weighted by Gasteiger charge is -2.23. The highest BCUT2D eigenvalue weighted by Gasteiger charge is 2.33. The number of halogens is 5. The molecule has 1 atom stereocenters. The molecule has 3 rings (SSSR count). The first-order valence-corrected chi connectivity index (χ1v) is 9.73. The number of anilines is 2. The molecule has 1 aliphatic rings. The Bertz CT molecular complexity index is 937. The molecule has 1 unspecified atom stereocenters. The van der Waals surface area contributed by atoms with E-state index in [0.29, 0.717) is 22.4 Å². The lowest BCUT2D eigenvalue weighted by atomic mass is 10.2. The van der Waals surface area contributed by atoms with Gasteiger partial charge in [-0.3, -0.25) is 4.99 Å². The van der Waals surface area contributed by atoms with E-state index in [2.05, 4.69) is 10.3 Å². The van der Waals surface area contributed by atoms with E-state index in [1.54, 1.807) is 6.07 Å². The fraction of sp³-hybridized carbons (Fsp3) is 0.222. The Kier molecular flexibility index (Phi) is 6.12. The van der Waals surface area contributed by atoms with Crippen molar-refractivity contribution in [1.29, 1.82) is 0 Å². The van der Waals surface area contributed by atoms with Crippen LogP contribution in [-0.2, 0) is 6.18 Å². The van der Waals surface area contributed by atoms with E-state index in [1.807, 2.05) is 6.92 Å². The maximum atomic E-state index is 13.1. The predicted molar refractivity (Wildman–Crippen MR) is 109 cm³/mol. The Morgan fingerprint density at radius 3 is 2.57 bits per heavy atom. The van der Waals surface area contributed by atoms with E-state index < -0.39 is 17.8 Å². The molecule has 2 aromatic rings. The molecule has 0 fully saturated rings. The molecule has 0 spiro atoms. The number of thioether (sulfide) groups is 1. The van der Waals surface area contributed by atoms with E-state index in [1.165, 1.54) is 36.0 Å². The Morgan fingerprint density at radius 2 is 1.96 bits per heavy atom. The number of alkyl halides is 3. The standard InChI is InChI=1S/C18H14Cl2F3N3OS/c1-10-9-24-17(28-10)26(13-4-2-3-11(7-13)18(21,22)23)16(27)25-12-5-6-14(19)15(20)8-12/h2-8,10H,9H2,1H3,(H,25,27). The van der Waals surface area contributed by atoms with Gasteiger partial charge in [-0.25, -0.2) is 9.69 Å². The van der Waals surface area contributed by atoms with Crippen molar-refractivity contribution in [2.45, 2.75) is 18.3 Å². The summed E-state index contributed by atoms with van der Waals surface area (Å²) >= 11 is 13.1. The molecule has 0 aromatic heterocycles. The SMILES string of the molecule is CC1CN=C(N(C(=O)Nc2ccc(Cl)c(Cl)c2)c2cccc(C(F)(F)F)c2)S1. The summed E-state index contributed by atoms with van der Waals surface area (Å²) < 4.78 is 39.4. The number of nitrogens with zero attached hydrogens (tertiary/aromatic N) is 2. The molecule has 1 aliphatic heterocycles. The molecule has 2 aromatic carbocycles. The zero-order valence-electron chi connectivity index (χ0n) is 14.4. The Hall–Kier alpha value is -1.90. The molecule has 0 saturated heterocycles. The number of hydrogen-bond acceptors (Lipinski definition) is 3. The number of amides is 2. The molecular formula is C18H14Cl2F3N3OS. The van der Waals surface area contributed by atoms with Gasteiger partial charge in [0.15, 0.2) is 5.17 Å². The highest BCUT2D eigenvalue weighted by molar-refractivity contribution is 8.15. The molecule has 0 aliphatic carbocycles. The second-order valence-electron chi connectivity index (χ2n) is 5.99. The van der Waals surface area contributed by atoms with E-state index in [0.717, 1.165) is 17.0 Å². The number of hydrogen-bond donors (Lipinski definition) is 1. The van der Waals surface area contributed by atoms with E-state index in [4.69, 9.17) is 23.2 Å². The highest BCUT2D eigenvalue weighted by atomic mass is 35.5. The average molecular weight is 448 g/mol. The molecule has 0 radical (unpaired) electrons. The summed E-state index contributed by atoms with van der Waals surface area (Å²) in [5, 5.41) is 3.62. The van der Waals surface area contributed by atoms with Gasteiger partial charge in [0.25, 0.3) is 0 Å². The summed E-state index contributed by atoms with van der Waals surface area (Å²) in [5.74, 6) is 0. The van der Waals surface area contributed by atoms with Gasteiger partial charge in [0, 0.05) is 10.9 Å². The van der Waals surface area contributed by atoms with Gasteiger partial charge in [-0.2, -0.15) is 13.2 Å². The van der Waals surface area contributed by atoms with Gasteiger partial charge in [-0.15, -0.1) is 0 Å². The maximum Gasteiger partial charge on any atom is 0.416 e. The van der Waals surface area contributed by atoms with Crippen LogP contribution < -0.4 is 10.2 Å². The van der Waals surface area contributed by atoms with Crippen LogP contribution >= 0.6 is 35.0 Å². The third-order valence-electron chi connectivity index (χ3n) is 3.79. The van der Waals surface area contributed by atoms with Crippen LogP contribution in [0.4, 0.5) is 29.3 Å². The Morgan fingerprint density at radius 1 is 1.21 bits per heavy atom. The van der Waals surface area contributed by atoms with Crippen LogP contribution in [0.1, 0.15) is 12.5 Å². The molecule has 28 heavy (non-hydrogen) atoms. The normalized spacial score (nSPS) is 16.6. The maximum absolute atomic E-state index is 13.1. The van der Waals surface area contributed by atoms with Crippen molar-refractivity contribution in [2.75, 3.05) is 16.8 Å². The number of aliphatic imine (C=N–C) groups is 1. The summed E-state index contributed by atoms with van der Waals surface area (Å²) in [7, 11) is 0. The van der Waals surface area contributed by atoms with Crippen molar-refractivity contribution in [3.8, 4) is 0 Å². The predicted octanol–water partition coefficient (Wildman–Crippen LogP) is 6.54. The lowest BCUT2D eigenvalue weighted by molar-refractivity contribution is -0.137. The summed E-state index contributed by atoms with van der Waals surface area (Å²) in [6.07, 6.45) is -4.53. The second-order valence-corrected chi connectivity index (χ2v) is 8.21. The second kappa shape index (κ2) is 8.23. The van der Waals surface area contributed by atoms with E-state index in [-0.39, 0.29) is 16.0 Å². The Labute approximate surface area is 173 Å². The van der Waals surface area contributed by atoms with Gasteiger partial charge < -0.3 is 5.32 Å². The van der Waals surface area contributed by atoms with Crippen LogP contribution in [0, 0.1) is 0 Å². The van der Waals surface area contributed by atoms with Crippen LogP contribution in [0.5, 0.6) is 0 Å². The lowest BCUT2D eigenvalue weighted by Crippen LogP contribution is -2.38. The van der Waals surface area contributed by atoms with Crippen molar-refractivity contribution in [3.63, 3.8) is 0 Å². The van der Waals surface area contributed by atoms with E-state index in [9.17, 15) is 18.0 Å². The molecule has 4 nitrogen and oxygen atoms in total. The van der Waals surface area contributed by atoms with Crippen molar-refractivity contribution >= 4 is 57.5 Å². The number of urea groups is 1. The summed E-state index contributed by atoms with van der Waals surface area (Å²) in [4.78, 5) is 18.4. The smallest absolute Gasteiger partial charge is 0.307 e. The molecule has 10 heteroatoms. The largest absolute Gasteiger partial charge is 0.416 e. The quantitative estimate of drug-likeness (QED) is 0.567. The minimum absolute atomic E-state index is 0.0627. The van der Waals surface area contributed by atoms with Crippen molar-refractivity contribution in [2.24, 2.45) is 4.99 Å². The van der Waals surface area contributed by atoms with Gasteiger partial charge in [-0.05, 0) is 36.4 Å². The zero-order chi connectivity index (χ0) is 20.5. The average Bonchev–Trinajstić information content (AvgIpc) is 3.04. The van der Waals surface area contributed by atoms with E-state index >= 15 is 0 Å². The first-order valence-electron chi connectivity index (χ1n) is 8.09. The van der Waals surface area contributed by atoms with Crippen molar-refractivity contribution in [3.05, 3.63) is 58.1 Å². The number of benzene rings is 2. The monoisotopic (exact) mass is 447 g/mol. The number of rotatable bonds is 2. The molecular weight excluding hydrogens is 434 g/mol. The number of amidine groups is 1. The molecule has 1 N–H and O–H groups in total. The molecule has 0 bridgehead atoms. The minimum Gasteiger partial charge on any atom is -0.307 e. The summed E-state index contributed by atoms with van der Waals surface area (Å²) in [5.41, 5.74) is -0.435. The fourth-order valence-electron chi connectivity index (χ4n) is 2.47. The molecule has 2 amide bonds. The molecule has 1 heterocycles. The summed E-state index contributed by atoms with van der Waals surface area (Å²) in [6, 6.07) is 8.40. The highest BCUT2D eigenvalue weighted by Crippen LogP contribution is 2.34. The van der Waals surface area contributed by atoms with Crippen LogP contribution in [0.3, 0.4) is 0 Å². The van der Waals surface area contributed by atoms with Gasteiger partial charge in [-0.1, -0.05) is 48.0 Å². The number of carbonyl (C=O) groups excluding carboxylic acids is 1. The molecule has 148 valence electrons. The topological polar surface area (TPSA) is 44.7 Å². The van der Waals surface area contributed by atoms with Gasteiger partial charge in [0.1, 0.15) is 0 Å². The van der Waals surface area contributed by atoms with Gasteiger partial charge >= 0.3 is 12.2 Å². The van der Waals surface area contributed by atoms with Gasteiger partial charge in [0.05, 0.1) is 27.8 Å². The van der Waals surface area contributed by atoms with Crippen molar-refractivity contribution in [1.82, 2.24) is 0 Å². The van der Waals surface area contributed by atoms with Crippen LogP contribution in [0.25, 0.3) is 0 Å². The first kappa shape index (κ1) is 20.8. The number of carbonyl (C=O) groups is 1. The molecule has 0 saturated carbocycles. The third-order valence-corrected chi connectivity index (χ3v) is 5.60. The zero-order valence-corrected chi connectivity index (χ0v) is 16.8. The van der Waals surface area contributed by atoms with Crippen LogP contribution in [0.15, 0.2) is 47.5 Å². The van der Waals surface area contributed by atoms with Crippen LogP contribution in [-0.4, -0.2) is 23.0 Å². The third kappa shape index (κ3) is 4.74. The van der Waals surface area contributed by atoms with Crippen LogP contribution in [0.2, 0.25) is 10.0 Å². The Balaban J connectivity index is 1.95. The fourth-order valence-corrected chi connectivity index (χ4v) is 3.72. The van der Waals surface area contributed by atoms with Crippen molar-refractivity contribution < 1.29 is 18.0 Å². The van der Waals surface area contributed by atoms with Gasteiger partial charge in [0.2, 0.25) is 0 Å². The summed E-state index contributed by atoms with van der Waals surface area (Å²) in [6.45, 7) is 2.39. The minimum atomic E-state index is -4.53.